The number of carbonyl (C=O) groups excluding carboxylic acids is 2. The molecule has 4 rings (SSSR count). The topological polar surface area (TPSA) is 89.0 Å². The SMILES string of the molecule is CCCOc1ccc(/C(O)=C2/C(=O)C(=O)N(Cc3ccc(OC)cc3)C2c2cccnc2)cc1. The first-order valence-corrected chi connectivity index (χ1v) is 11.1. The average Bonchev–Trinajstić information content (AvgIpc) is 3.13. The maximum absolute atomic E-state index is 13.1. The van der Waals surface area contributed by atoms with Crippen LogP contribution < -0.4 is 9.47 Å². The number of Topliss-reactive ketones (excluding diaryl/α,β-unsaturated/α-hetero) is 1. The van der Waals surface area contributed by atoms with E-state index >= 15 is 0 Å². The third-order valence-corrected chi connectivity index (χ3v) is 5.65. The van der Waals surface area contributed by atoms with Gasteiger partial charge < -0.3 is 19.5 Å². The van der Waals surface area contributed by atoms with E-state index in [9.17, 15) is 14.7 Å². The van der Waals surface area contributed by atoms with Crippen molar-refractivity contribution in [1.82, 2.24) is 9.88 Å². The molecule has 1 aliphatic heterocycles. The Hall–Kier alpha value is -4.13. The predicted molar refractivity (Wildman–Crippen MR) is 127 cm³/mol. The zero-order valence-electron chi connectivity index (χ0n) is 19.1. The van der Waals surface area contributed by atoms with E-state index in [4.69, 9.17) is 9.47 Å². The second-order valence-electron chi connectivity index (χ2n) is 7.93. The molecule has 1 amide bonds. The van der Waals surface area contributed by atoms with Crippen LogP contribution >= 0.6 is 0 Å². The molecule has 1 saturated heterocycles. The molecule has 1 N–H and O–H groups in total. The highest BCUT2D eigenvalue weighted by atomic mass is 16.5. The number of amides is 1. The minimum Gasteiger partial charge on any atom is -0.507 e. The molecule has 0 radical (unpaired) electrons. The molecule has 0 spiro atoms. The summed E-state index contributed by atoms with van der Waals surface area (Å²) in [6, 6.07) is 16.9. The quantitative estimate of drug-likeness (QED) is 0.304. The number of aromatic nitrogens is 1. The standard InChI is InChI=1S/C27H26N2O5/c1-3-15-34-22-12-8-19(9-13-22)25(30)23-24(20-5-4-14-28-16-20)29(27(32)26(23)31)17-18-6-10-21(33-2)11-7-18/h4-14,16,24,30H,3,15,17H2,1-2H3/b25-23-. The number of hydrogen-bond acceptors (Lipinski definition) is 6. The normalized spacial score (nSPS) is 17.1. The van der Waals surface area contributed by atoms with Crippen molar-refractivity contribution in [1.29, 1.82) is 0 Å². The van der Waals surface area contributed by atoms with Gasteiger partial charge in [-0.1, -0.05) is 25.1 Å². The van der Waals surface area contributed by atoms with Crippen molar-refractivity contribution in [3.63, 3.8) is 0 Å². The number of rotatable bonds is 8. The van der Waals surface area contributed by atoms with Gasteiger partial charge in [-0.2, -0.15) is 0 Å². The van der Waals surface area contributed by atoms with E-state index in [1.807, 2.05) is 19.1 Å². The van der Waals surface area contributed by atoms with Gasteiger partial charge >= 0.3 is 0 Å². The largest absolute Gasteiger partial charge is 0.507 e. The van der Waals surface area contributed by atoms with Crippen molar-refractivity contribution >= 4 is 17.4 Å². The molecular weight excluding hydrogens is 432 g/mol. The maximum Gasteiger partial charge on any atom is 0.295 e. The van der Waals surface area contributed by atoms with E-state index in [0.717, 1.165) is 12.0 Å². The van der Waals surface area contributed by atoms with Crippen LogP contribution in [-0.2, 0) is 16.1 Å². The lowest BCUT2D eigenvalue weighted by Crippen LogP contribution is -2.29. The number of aliphatic hydroxyl groups is 1. The molecule has 0 saturated carbocycles. The molecule has 2 heterocycles. The van der Waals surface area contributed by atoms with Crippen LogP contribution in [0.25, 0.3) is 5.76 Å². The summed E-state index contributed by atoms with van der Waals surface area (Å²) in [5.74, 6) is -0.269. The third-order valence-electron chi connectivity index (χ3n) is 5.65. The van der Waals surface area contributed by atoms with Crippen molar-refractivity contribution in [2.24, 2.45) is 0 Å². The van der Waals surface area contributed by atoms with E-state index in [0.29, 0.717) is 29.2 Å². The lowest BCUT2D eigenvalue weighted by Gasteiger charge is -2.25. The van der Waals surface area contributed by atoms with E-state index in [-0.39, 0.29) is 17.9 Å². The maximum atomic E-state index is 13.1. The Morgan fingerprint density at radius 3 is 2.35 bits per heavy atom. The first-order valence-electron chi connectivity index (χ1n) is 11.1. The Balaban J connectivity index is 1.74. The van der Waals surface area contributed by atoms with Crippen LogP contribution in [0.5, 0.6) is 11.5 Å². The second-order valence-corrected chi connectivity index (χ2v) is 7.93. The van der Waals surface area contributed by atoms with Gasteiger partial charge in [0.05, 0.1) is 25.3 Å². The summed E-state index contributed by atoms with van der Waals surface area (Å²) in [5, 5.41) is 11.2. The molecule has 3 aromatic rings. The Kier molecular flexibility index (Phi) is 6.92. The highest BCUT2D eigenvalue weighted by Crippen LogP contribution is 2.40. The molecule has 7 nitrogen and oxygen atoms in total. The van der Waals surface area contributed by atoms with Crippen molar-refractivity contribution in [2.45, 2.75) is 25.9 Å². The van der Waals surface area contributed by atoms with Crippen LogP contribution in [0.3, 0.4) is 0 Å². The molecule has 1 aromatic heterocycles. The van der Waals surface area contributed by atoms with Gasteiger partial charge in [-0.3, -0.25) is 14.6 Å². The molecule has 1 fully saturated rings. The number of hydrogen-bond donors (Lipinski definition) is 1. The summed E-state index contributed by atoms with van der Waals surface area (Å²) in [6.45, 7) is 2.79. The van der Waals surface area contributed by atoms with Crippen LogP contribution in [0.2, 0.25) is 0 Å². The molecule has 174 valence electrons. The number of aliphatic hydroxyl groups excluding tert-OH is 1. The Bertz CT molecular complexity index is 1190. The first-order chi connectivity index (χ1) is 16.5. The monoisotopic (exact) mass is 458 g/mol. The lowest BCUT2D eigenvalue weighted by molar-refractivity contribution is -0.140. The van der Waals surface area contributed by atoms with Crippen LogP contribution in [0.15, 0.2) is 78.6 Å². The van der Waals surface area contributed by atoms with Crippen molar-refractivity contribution < 1.29 is 24.2 Å². The number of likely N-dealkylation sites (tertiary alicyclic amines) is 1. The molecule has 1 atom stereocenters. The van der Waals surface area contributed by atoms with Gasteiger partial charge in [0.1, 0.15) is 17.3 Å². The van der Waals surface area contributed by atoms with Gasteiger partial charge in [-0.05, 0) is 60.0 Å². The molecular formula is C27H26N2O5. The van der Waals surface area contributed by atoms with E-state index < -0.39 is 17.7 Å². The van der Waals surface area contributed by atoms with Crippen LogP contribution in [0.4, 0.5) is 0 Å². The minimum atomic E-state index is -0.771. The zero-order valence-corrected chi connectivity index (χ0v) is 19.1. The minimum absolute atomic E-state index is 0.0359. The number of methoxy groups -OCH3 is 1. The van der Waals surface area contributed by atoms with Gasteiger partial charge in [-0.15, -0.1) is 0 Å². The number of nitrogens with zero attached hydrogens (tertiary/aromatic N) is 2. The molecule has 0 bridgehead atoms. The van der Waals surface area contributed by atoms with Crippen molar-refractivity contribution in [3.05, 3.63) is 95.3 Å². The number of ether oxygens (including phenoxy) is 2. The third kappa shape index (κ3) is 4.64. The first kappa shape index (κ1) is 23.0. The van der Waals surface area contributed by atoms with Crippen LogP contribution in [-0.4, -0.2) is 40.4 Å². The summed E-state index contributed by atoms with van der Waals surface area (Å²) in [4.78, 5) is 31.9. The smallest absolute Gasteiger partial charge is 0.295 e. The lowest BCUT2D eigenvalue weighted by atomic mass is 9.96. The van der Waals surface area contributed by atoms with Gasteiger partial charge in [0.2, 0.25) is 0 Å². The van der Waals surface area contributed by atoms with Crippen molar-refractivity contribution in [3.8, 4) is 11.5 Å². The van der Waals surface area contributed by atoms with Gasteiger partial charge in [0.25, 0.3) is 11.7 Å². The highest BCUT2D eigenvalue weighted by molar-refractivity contribution is 6.46. The summed E-state index contributed by atoms with van der Waals surface area (Å²) in [5.41, 5.74) is 1.93. The molecule has 34 heavy (non-hydrogen) atoms. The summed E-state index contributed by atoms with van der Waals surface area (Å²) < 4.78 is 10.8. The number of ketones is 1. The molecule has 7 heteroatoms. The second kappa shape index (κ2) is 10.2. The van der Waals surface area contributed by atoms with Crippen molar-refractivity contribution in [2.75, 3.05) is 13.7 Å². The van der Waals surface area contributed by atoms with Crippen LogP contribution in [0.1, 0.15) is 36.1 Å². The fraction of sp³-hybridized carbons (Fsp3) is 0.222. The Morgan fingerprint density at radius 2 is 1.74 bits per heavy atom. The number of pyridine rings is 1. The van der Waals surface area contributed by atoms with Gasteiger partial charge in [0.15, 0.2) is 0 Å². The fourth-order valence-corrected chi connectivity index (χ4v) is 3.94. The van der Waals surface area contributed by atoms with E-state index in [1.54, 1.807) is 68.0 Å². The molecule has 2 aromatic carbocycles. The molecule has 1 unspecified atom stereocenters. The highest BCUT2D eigenvalue weighted by Gasteiger charge is 2.46. The van der Waals surface area contributed by atoms with E-state index in [2.05, 4.69) is 4.98 Å². The summed E-state index contributed by atoms with van der Waals surface area (Å²) in [7, 11) is 1.58. The van der Waals surface area contributed by atoms with Gasteiger partial charge in [-0.25, -0.2) is 0 Å². The number of benzene rings is 2. The fourth-order valence-electron chi connectivity index (χ4n) is 3.94. The number of carbonyl (C=O) groups is 2. The summed E-state index contributed by atoms with van der Waals surface area (Å²) >= 11 is 0. The predicted octanol–water partition coefficient (Wildman–Crippen LogP) is 4.50. The summed E-state index contributed by atoms with van der Waals surface area (Å²) in [6.07, 6.45) is 4.10. The zero-order chi connectivity index (χ0) is 24.1. The Labute approximate surface area is 198 Å². The average molecular weight is 459 g/mol. The molecule has 0 aliphatic carbocycles. The van der Waals surface area contributed by atoms with Crippen LogP contribution in [0, 0.1) is 0 Å². The Morgan fingerprint density at radius 1 is 1.03 bits per heavy atom. The van der Waals surface area contributed by atoms with E-state index in [1.165, 1.54) is 4.90 Å². The molecule has 1 aliphatic rings. The van der Waals surface area contributed by atoms with Gasteiger partial charge in [0, 0.05) is 24.5 Å².